The minimum Gasteiger partial charge on any atom is -0.744 e. The van der Waals surface area contributed by atoms with Gasteiger partial charge in [0.05, 0.1) is 39.4 Å². The number of benzene rings is 2. The number of nitrogens with one attached hydrogen (secondary N) is 1. The van der Waals surface area contributed by atoms with Gasteiger partial charge in [-0.3, -0.25) is 14.6 Å². The largest absolute Gasteiger partial charge is 1.00 e. The quantitative estimate of drug-likeness (QED) is 0.0535. The molecule has 0 bridgehead atoms. The number of hydrazone groups is 1. The first-order chi connectivity index (χ1) is 17.7. The van der Waals surface area contributed by atoms with Crippen LogP contribution in [0.1, 0.15) is 5.56 Å². The number of carbonyl (C=O) groups is 1. The normalized spacial score (nSPS) is 13.7. The summed E-state index contributed by atoms with van der Waals surface area (Å²) < 4.78 is 39.3. The number of anilines is 1. The van der Waals surface area contributed by atoms with Crippen molar-refractivity contribution in [2.45, 2.75) is 9.79 Å². The second-order valence-electron chi connectivity index (χ2n) is 7.03. The van der Waals surface area contributed by atoms with Gasteiger partial charge >= 0.3 is 59.1 Å². The Morgan fingerprint density at radius 1 is 1.15 bits per heavy atom. The molecule has 1 N–H and O–H groups in total. The Bertz CT molecular complexity index is 1740. The van der Waals surface area contributed by atoms with Gasteiger partial charge in [-0.25, -0.2) is 13.5 Å². The summed E-state index contributed by atoms with van der Waals surface area (Å²) in [5.41, 5.74) is -1.59. The molecule has 1 aromatic heterocycles. The molecule has 18 heteroatoms. The molecule has 4 rings (SSSR count). The number of hydrogen-bond donors (Lipinski definition) is 1. The van der Waals surface area contributed by atoms with Crippen molar-refractivity contribution in [2.24, 2.45) is 5.10 Å². The summed E-state index contributed by atoms with van der Waals surface area (Å²) in [6, 6.07) is 12.3. The van der Waals surface area contributed by atoms with Gasteiger partial charge in [0.1, 0.15) is 16.2 Å². The average molecular weight is 584 g/mol. The molecule has 0 saturated heterocycles. The number of H-pyrrole nitrogens is 1. The van der Waals surface area contributed by atoms with Crippen LogP contribution in [0.5, 0.6) is 0 Å². The number of amides is 1. The molecule has 1 aliphatic heterocycles. The fraction of sp³-hybridized carbons (Fsp3) is 0. The predicted octanol–water partition coefficient (Wildman–Crippen LogP) is -4.83. The summed E-state index contributed by atoms with van der Waals surface area (Å²) in [5, 5.41) is 30.1. The molecule has 3 aromatic rings. The number of nitriles is 1. The van der Waals surface area contributed by atoms with Crippen LogP contribution in [0, 0.1) is 17.9 Å². The number of rotatable bonds is 7. The summed E-state index contributed by atoms with van der Waals surface area (Å²) in [6.07, 6.45) is 1.02. The molecule has 0 aliphatic carbocycles. The Kier molecular flexibility index (Phi) is 11.5. The summed E-state index contributed by atoms with van der Waals surface area (Å²) in [6.45, 7) is 7.43. The van der Waals surface area contributed by atoms with Crippen molar-refractivity contribution in [3.8, 4) is 11.8 Å². The first-order valence-electron chi connectivity index (χ1n) is 9.75. The Hall–Kier alpha value is -2.55. The van der Waals surface area contributed by atoms with Crippen LogP contribution in [0.25, 0.3) is 16.6 Å². The maximum atomic E-state index is 13.2. The van der Waals surface area contributed by atoms with Gasteiger partial charge in [0, 0.05) is 4.90 Å². The van der Waals surface area contributed by atoms with Crippen LogP contribution in [0.4, 0.5) is 11.5 Å². The minimum atomic E-state index is -4.83. The van der Waals surface area contributed by atoms with Gasteiger partial charge in [-0.1, -0.05) is 18.7 Å². The smallest absolute Gasteiger partial charge is 0.744 e. The number of aromatic nitrogens is 2. The van der Waals surface area contributed by atoms with Crippen molar-refractivity contribution in [2.75, 3.05) is 5.01 Å². The molecule has 186 valence electrons. The van der Waals surface area contributed by atoms with Crippen molar-refractivity contribution in [1.82, 2.24) is 9.78 Å². The summed E-state index contributed by atoms with van der Waals surface area (Å²) in [5.74, 6) is -1.15. The van der Waals surface area contributed by atoms with E-state index in [1.807, 2.05) is 0 Å². The van der Waals surface area contributed by atoms with Crippen molar-refractivity contribution in [3.05, 3.63) is 81.4 Å². The molecule has 0 fully saturated rings. The van der Waals surface area contributed by atoms with E-state index >= 15 is 0 Å². The van der Waals surface area contributed by atoms with E-state index in [0.29, 0.717) is 21.9 Å². The van der Waals surface area contributed by atoms with Crippen LogP contribution >= 0.6 is 12.0 Å². The SMILES string of the molecule is [C-]#[N+]c1[nH]n(-c2cccc(SOO[O-])c2)c(=O)c1C=C1C(=O)N(c2cccc(S(=O)(=O)[O-])c2)N=C1C#N.[Na+].[Na+]. The van der Waals surface area contributed by atoms with Crippen LogP contribution in [0.2, 0.25) is 0 Å². The van der Waals surface area contributed by atoms with Crippen LogP contribution in [-0.4, -0.2) is 34.4 Å². The third kappa shape index (κ3) is 6.97. The molecule has 0 radical (unpaired) electrons. The third-order valence-electron chi connectivity index (χ3n) is 4.88. The Morgan fingerprint density at radius 2 is 1.85 bits per heavy atom. The van der Waals surface area contributed by atoms with Crippen molar-refractivity contribution >= 4 is 51.4 Å². The molecule has 1 amide bonds. The zero-order chi connectivity index (χ0) is 26.7. The van der Waals surface area contributed by atoms with E-state index in [4.69, 9.17) is 6.57 Å². The fourth-order valence-electron chi connectivity index (χ4n) is 3.28. The van der Waals surface area contributed by atoms with Crippen LogP contribution < -0.4 is 74.9 Å². The molecule has 0 atom stereocenters. The van der Waals surface area contributed by atoms with E-state index in [1.54, 1.807) is 18.2 Å². The molecule has 39 heavy (non-hydrogen) atoms. The maximum Gasteiger partial charge on any atom is 1.00 e. The van der Waals surface area contributed by atoms with E-state index < -0.39 is 32.2 Å². The molecule has 0 saturated carbocycles. The van der Waals surface area contributed by atoms with Crippen LogP contribution in [0.3, 0.4) is 0 Å². The molecule has 0 unspecified atom stereocenters. The van der Waals surface area contributed by atoms with E-state index in [2.05, 4.69) is 24.4 Å². The van der Waals surface area contributed by atoms with Crippen molar-refractivity contribution < 1.29 is 91.5 Å². The summed E-state index contributed by atoms with van der Waals surface area (Å²) >= 11 is 0.587. The summed E-state index contributed by atoms with van der Waals surface area (Å²) in [4.78, 5) is 29.3. The molecule has 14 nitrogen and oxygen atoms in total. The van der Waals surface area contributed by atoms with Crippen LogP contribution in [0.15, 0.2) is 73.8 Å². The fourth-order valence-corrected chi connectivity index (χ4v) is 4.20. The first kappa shape index (κ1) is 32.7. The van der Waals surface area contributed by atoms with Gasteiger partial charge in [0.15, 0.2) is 5.71 Å². The predicted molar refractivity (Wildman–Crippen MR) is 124 cm³/mol. The average Bonchev–Trinajstić information content (AvgIpc) is 3.38. The zero-order valence-electron chi connectivity index (χ0n) is 20.0. The Labute approximate surface area is 268 Å². The zero-order valence-corrected chi connectivity index (χ0v) is 25.6. The van der Waals surface area contributed by atoms with Gasteiger partial charge < -0.3 is 14.7 Å². The summed E-state index contributed by atoms with van der Waals surface area (Å²) in [7, 11) is -4.83. The number of nitrogens with zero attached hydrogens (tertiary/aromatic N) is 5. The number of carbonyl (C=O) groups excluding carboxylic acids is 1. The Balaban J connectivity index is 0.00000267. The molecule has 1 aliphatic rings. The van der Waals surface area contributed by atoms with E-state index in [-0.39, 0.29) is 87.4 Å². The third-order valence-corrected chi connectivity index (χ3v) is 6.28. The number of hydrogen-bond acceptors (Lipinski definition) is 11. The van der Waals surface area contributed by atoms with Gasteiger partial charge in [-0.2, -0.15) is 24.4 Å². The van der Waals surface area contributed by atoms with Crippen molar-refractivity contribution in [3.63, 3.8) is 0 Å². The van der Waals surface area contributed by atoms with E-state index in [0.717, 1.165) is 22.9 Å². The Morgan fingerprint density at radius 3 is 2.49 bits per heavy atom. The van der Waals surface area contributed by atoms with E-state index in [1.165, 1.54) is 24.3 Å². The van der Waals surface area contributed by atoms with Gasteiger partial charge in [0.25, 0.3) is 17.3 Å². The molecule has 2 aromatic carbocycles. The standard InChI is InChI=1S/C21H12N6O8S2.2Na/c1-23-19-17(21(29)27(25-19)12-4-2-6-14(8-12)36-35-34-30)10-16-18(11-22)24-26(20(16)28)13-5-3-7-15(9-13)37(31,32)33;;/h2-10,25,30H,(H,31,32,33);;/q;2*+1/p-2. The van der Waals surface area contributed by atoms with Gasteiger partial charge in [-0.15, -0.1) is 0 Å². The van der Waals surface area contributed by atoms with Gasteiger partial charge in [0.2, 0.25) is 0 Å². The topological polar surface area (TPSA) is 197 Å². The van der Waals surface area contributed by atoms with E-state index in [9.17, 15) is 33.1 Å². The number of aromatic amines is 1. The maximum absolute atomic E-state index is 13.2. The monoisotopic (exact) mass is 584 g/mol. The second-order valence-corrected chi connectivity index (χ2v) is 9.18. The second kappa shape index (κ2) is 13.7. The van der Waals surface area contributed by atoms with Gasteiger partial charge in [-0.05, 0) is 42.5 Å². The van der Waals surface area contributed by atoms with Crippen molar-refractivity contribution in [1.29, 1.82) is 5.26 Å². The molecule has 0 spiro atoms. The molecular weight excluding hydrogens is 574 g/mol. The molecule has 2 heterocycles. The van der Waals surface area contributed by atoms with Crippen LogP contribution in [-0.2, 0) is 24.3 Å². The molecular formula is C21H10N6Na2O8S2. The first-order valence-corrected chi connectivity index (χ1v) is 11.9. The minimum absolute atomic E-state index is 0.